The van der Waals surface area contributed by atoms with Crippen molar-refractivity contribution in [1.82, 2.24) is 4.90 Å². The summed E-state index contributed by atoms with van der Waals surface area (Å²) in [5.41, 5.74) is 0. The van der Waals surface area contributed by atoms with Crippen LogP contribution >= 0.6 is 0 Å². The molecule has 1 aliphatic carbocycles. The van der Waals surface area contributed by atoms with Gasteiger partial charge in [0.1, 0.15) is 0 Å². The standard InChI is InChI=1S/C11H21N/c1-2-6-11(5-1)7-10-12-8-3-4-9-12/h11H,1-10H2. The predicted molar refractivity (Wildman–Crippen MR) is 52.2 cm³/mol. The first-order valence-corrected chi connectivity index (χ1v) is 5.67. The summed E-state index contributed by atoms with van der Waals surface area (Å²) in [6, 6.07) is 0. The predicted octanol–water partition coefficient (Wildman–Crippen LogP) is 2.66. The average molecular weight is 167 g/mol. The summed E-state index contributed by atoms with van der Waals surface area (Å²) in [6.07, 6.45) is 10.4. The van der Waals surface area contributed by atoms with Crippen LogP contribution in [0.5, 0.6) is 0 Å². The Morgan fingerprint density at radius 3 is 2.25 bits per heavy atom. The van der Waals surface area contributed by atoms with Crippen LogP contribution in [0.15, 0.2) is 0 Å². The van der Waals surface area contributed by atoms with Crippen molar-refractivity contribution < 1.29 is 0 Å². The minimum absolute atomic E-state index is 1.09. The minimum Gasteiger partial charge on any atom is -0.303 e. The van der Waals surface area contributed by atoms with E-state index in [0.717, 1.165) is 5.92 Å². The summed E-state index contributed by atoms with van der Waals surface area (Å²) >= 11 is 0. The molecule has 1 nitrogen and oxygen atoms in total. The third kappa shape index (κ3) is 2.22. The highest BCUT2D eigenvalue weighted by atomic mass is 15.1. The van der Waals surface area contributed by atoms with E-state index in [-0.39, 0.29) is 0 Å². The molecule has 0 aromatic rings. The summed E-state index contributed by atoms with van der Waals surface area (Å²) in [5, 5.41) is 0. The monoisotopic (exact) mass is 167 g/mol. The molecule has 0 atom stereocenters. The van der Waals surface area contributed by atoms with E-state index in [4.69, 9.17) is 0 Å². The molecule has 1 aliphatic heterocycles. The van der Waals surface area contributed by atoms with Gasteiger partial charge in [-0.15, -0.1) is 0 Å². The molecule has 0 N–H and O–H groups in total. The van der Waals surface area contributed by atoms with Gasteiger partial charge in [-0.05, 0) is 44.8 Å². The summed E-state index contributed by atoms with van der Waals surface area (Å²) in [4.78, 5) is 2.65. The normalized spacial score (nSPS) is 27.0. The third-order valence-electron chi connectivity index (χ3n) is 3.53. The Bertz CT molecular complexity index is 105. The van der Waals surface area contributed by atoms with Crippen LogP contribution in [0.2, 0.25) is 0 Å². The van der Waals surface area contributed by atoms with Gasteiger partial charge in [0, 0.05) is 0 Å². The van der Waals surface area contributed by atoms with E-state index in [1.54, 1.807) is 0 Å². The lowest BCUT2D eigenvalue weighted by Gasteiger charge is -2.16. The topological polar surface area (TPSA) is 3.24 Å². The summed E-state index contributed by atoms with van der Waals surface area (Å²) in [6.45, 7) is 4.16. The van der Waals surface area contributed by atoms with Gasteiger partial charge >= 0.3 is 0 Å². The first kappa shape index (κ1) is 8.55. The largest absolute Gasteiger partial charge is 0.303 e. The Hall–Kier alpha value is -0.0400. The van der Waals surface area contributed by atoms with Gasteiger partial charge in [0.2, 0.25) is 0 Å². The molecule has 2 rings (SSSR count). The molecular formula is C11H21N. The van der Waals surface area contributed by atoms with Crippen LogP contribution in [0.25, 0.3) is 0 Å². The van der Waals surface area contributed by atoms with E-state index in [9.17, 15) is 0 Å². The molecule has 2 aliphatic rings. The van der Waals surface area contributed by atoms with Crippen molar-refractivity contribution in [2.75, 3.05) is 19.6 Å². The lowest BCUT2D eigenvalue weighted by atomic mass is 10.0. The quantitative estimate of drug-likeness (QED) is 0.624. The molecule has 2 fully saturated rings. The molecule has 70 valence electrons. The van der Waals surface area contributed by atoms with Crippen molar-refractivity contribution in [2.24, 2.45) is 5.92 Å². The van der Waals surface area contributed by atoms with Crippen LogP contribution in [-0.4, -0.2) is 24.5 Å². The Kier molecular flexibility index (Phi) is 3.04. The minimum atomic E-state index is 1.09. The average Bonchev–Trinajstić information content (AvgIpc) is 2.74. The van der Waals surface area contributed by atoms with E-state index < -0.39 is 0 Å². The number of hydrogen-bond donors (Lipinski definition) is 0. The fourth-order valence-electron chi connectivity index (χ4n) is 2.67. The van der Waals surface area contributed by atoms with Crippen LogP contribution in [0.3, 0.4) is 0 Å². The zero-order valence-corrected chi connectivity index (χ0v) is 8.10. The maximum atomic E-state index is 2.65. The second kappa shape index (κ2) is 4.27. The highest BCUT2D eigenvalue weighted by molar-refractivity contribution is 4.71. The molecule has 0 bridgehead atoms. The Labute approximate surface area is 76.1 Å². The molecule has 0 spiro atoms. The molecule has 0 unspecified atom stereocenters. The lowest BCUT2D eigenvalue weighted by Crippen LogP contribution is -2.21. The van der Waals surface area contributed by atoms with Gasteiger partial charge in [-0.1, -0.05) is 25.7 Å². The third-order valence-corrected chi connectivity index (χ3v) is 3.53. The van der Waals surface area contributed by atoms with Crippen LogP contribution in [-0.2, 0) is 0 Å². The maximum absolute atomic E-state index is 2.65. The molecule has 1 heterocycles. The summed E-state index contributed by atoms with van der Waals surface area (Å²) in [7, 11) is 0. The van der Waals surface area contributed by atoms with Crippen molar-refractivity contribution in [3.8, 4) is 0 Å². The van der Waals surface area contributed by atoms with Crippen molar-refractivity contribution in [2.45, 2.75) is 44.9 Å². The smallest absolute Gasteiger partial charge is 0.00161 e. The lowest BCUT2D eigenvalue weighted by molar-refractivity contribution is 0.303. The molecule has 1 saturated carbocycles. The molecular weight excluding hydrogens is 146 g/mol. The molecule has 0 aromatic carbocycles. The summed E-state index contributed by atoms with van der Waals surface area (Å²) < 4.78 is 0. The molecule has 1 saturated heterocycles. The van der Waals surface area contributed by atoms with Crippen LogP contribution in [0.1, 0.15) is 44.9 Å². The van der Waals surface area contributed by atoms with Crippen LogP contribution < -0.4 is 0 Å². The van der Waals surface area contributed by atoms with Crippen LogP contribution in [0.4, 0.5) is 0 Å². The van der Waals surface area contributed by atoms with Crippen LogP contribution in [0, 0.1) is 5.92 Å². The summed E-state index contributed by atoms with van der Waals surface area (Å²) in [5.74, 6) is 1.09. The zero-order valence-electron chi connectivity index (χ0n) is 8.10. The van der Waals surface area contributed by atoms with E-state index in [2.05, 4.69) is 4.90 Å². The highest BCUT2D eigenvalue weighted by Gasteiger charge is 2.17. The zero-order chi connectivity index (χ0) is 8.23. The van der Waals surface area contributed by atoms with E-state index >= 15 is 0 Å². The van der Waals surface area contributed by atoms with Gasteiger partial charge in [0.15, 0.2) is 0 Å². The van der Waals surface area contributed by atoms with E-state index in [0.29, 0.717) is 0 Å². The van der Waals surface area contributed by atoms with Crippen molar-refractivity contribution in [3.63, 3.8) is 0 Å². The SMILES string of the molecule is C1CCC(CCN2CCCC2)C1. The van der Waals surface area contributed by atoms with Crippen molar-refractivity contribution in [1.29, 1.82) is 0 Å². The first-order chi connectivity index (χ1) is 5.95. The van der Waals surface area contributed by atoms with Gasteiger partial charge < -0.3 is 4.90 Å². The second-order valence-electron chi connectivity index (χ2n) is 4.49. The Balaban J connectivity index is 1.60. The van der Waals surface area contributed by atoms with E-state index in [1.807, 2.05) is 0 Å². The maximum Gasteiger partial charge on any atom is -0.00161 e. The molecule has 0 aromatic heterocycles. The Morgan fingerprint density at radius 2 is 1.58 bits per heavy atom. The fraction of sp³-hybridized carbons (Fsp3) is 1.00. The number of rotatable bonds is 3. The van der Waals surface area contributed by atoms with Gasteiger partial charge in [-0.3, -0.25) is 0 Å². The second-order valence-corrected chi connectivity index (χ2v) is 4.49. The number of hydrogen-bond acceptors (Lipinski definition) is 1. The van der Waals surface area contributed by atoms with E-state index in [1.165, 1.54) is 64.6 Å². The molecule has 12 heavy (non-hydrogen) atoms. The first-order valence-electron chi connectivity index (χ1n) is 5.67. The van der Waals surface area contributed by atoms with Gasteiger partial charge in [-0.2, -0.15) is 0 Å². The Morgan fingerprint density at radius 1 is 0.917 bits per heavy atom. The number of likely N-dealkylation sites (tertiary alicyclic amines) is 1. The molecule has 0 radical (unpaired) electrons. The number of nitrogens with zero attached hydrogens (tertiary/aromatic N) is 1. The van der Waals surface area contributed by atoms with Gasteiger partial charge in [-0.25, -0.2) is 0 Å². The van der Waals surface area contributed by atoms with Gasteiger partial charge in [0.05, 0.1) is 0 Å². The molecule has 1 heteroatoms. The molecule has 0 amide bonds. The van der Waals surface area contributed by atoms with Crippen molar-refractivity contribution in [3.05, 3.63) is 0 Å². The highest BCUT2D eigenvalue weighted by Crippen LogP contribution is 2.27. The van der Waals surface area contributed by atoms with Crippen molar-refractivity contribution >= 4 is 0 Å². The van der Waals surface area contributed by atoms with Gasteiger partial charge in [0.25, 0.3) is 0 Å². The fourth-order valence-corrected chi connectivity index (χ4v) is 2.67.